The number of nitrogens with zero attached hydrogens (tertiary/aromatic N) is 6. The Kier molecular flexibility index (Phi) is 6.57. The van der Waals surface area contributed by atoms with E-state index in [1.165, 1.54) is 5.56 Å². The van der Waals surface area contributed by atoms with E-state index < -0.39 is 0 Å². The standard InChI is InChI=1S/C23H29N7O/c1-18(20-9-5-3-6-10-20)17-24-22(31)19(2)28-13-15-29(16-14-28)23-25-26-27-30(23)21-11-7-4-8-12-21/h3-12,18-19H,13-17H2,1-2H3,(H,24,31). The maximum atomic E-state index is 12.7. The maximum absolute atomic E-state index is 12.7. The Morgan fingerprint density at radius 1 is 0.968 bits per heavy atom. The van der Waals surface area contributed by atoms with Crippen molar-refractivity contribution in [1.82, 2.24) is 30.4 Å². The Balaban J connectivity index is 1.30. The smallest absolute Gasteiger partial charge is 0.250 e. The molecule has 0 saturated carbocycles. The van der Waals surface area contributed by atoms with Gasteiger partial charge in [0.15, 0.2) is 0 Å². The quantitative estimate of drug-likeness (QED) is 0.632. The number of benzene rings is 2. The molecule has 2 aromatic carbocycles. The van der Waals surface area contributed by atoms with Crippen molar-refractivity contribution in [3.05, 3.63) is 66.2 Å². The lowest BCUT2D eigenvalue weighted by molar-refractivity contribution is -0.126. The van der Waals surface area contributed by atoms with Crippen molar-refractivity contribution in [2.24, 2.45) is 0 Å². The van der Waals surface area contributed by atoms with Crippen LogP contribution in [0.4, 0.5) is 5.95 Å². The molecule has 2 atom stereocenters. The minimum Gasteiger partial charge on any atom is -0.354 e. The number of rotatable bonds is 7. The van der Waals surface area contributed by atoms with Gasteiger partial charge in [0.2, 0.25) is 11.9 Å². The summed E-state index contributed by atoms with van der Waals surface area (Å²) in [5, 5.41) is 15.4. The molecule has 1 aliphatic heterocycles. The van der Waals surface area contributed by atoms with Crippen LogP contribution in [0.1, 0.15) is 25.3 Å². The normalized spacial score (nSPS) is 16.6. The summed E-state index contributed by atoms with van der Waals surface area (Å²) in [6, 6.07) is 20.0. The summed E-state index contributed by atoms with van der Waals surface area (Å²) in [5.41, 5.74) is 2.17. The van der Waals surface area contributed by atoms with Gasteiger partial charge in [0.05, 0.1) is 11.7 Å². The number of aromatic nitrogens is 4. The average Bonchev–Trinajstić information content (AvgIpc) is 3.33. The molecule has 8 nitrogen and oxygen atoms in total. The SMILES string of the molecule is CC(CNC(=O)C(C)N1CCN(c2nnnn2-c2ccccc2)CC1)c1ccccc1. The van der Waals surface area contributed by atoms with Crippen LogP contribution in [0.2, 0.25) is 0 Å². The second-order valence-corrected chi connectivity index (χ2v) is 7.98. The van der Waals surface area contributed by atoms with E-state index in [0.29, 0.717) is 6.54 Å². The predicted molar refractivity (Wildman–Crippen MR) is 120 cm³/mol. The van der Waals surface area contributed by atoms with Crippen molar-refractivity contribution in [1.29, 1.82) is 0 Å². The second-order valence-electron chi connectivity index (χ2n) is 7.98. The fraction of sp³-hybridized carbons (Fsp3) is 0.391. The van der Waals surface area contributed by atoms with E-state index >= 15 is 0 Å². The van der Waals surface area contributed by atoms with Gasteiger partial charge in [-0.2, -0.15) is 4.68 Å². The second kappa shape index (κ2) is 9.70. The van der Waals surface area contributed by atoms with Crippen LogP contribution >= 0.6 is 0 Å². The minimum atomic E-state index is -0.171. The first-order chi connectivity index (χ1) is 15.1. The molecule has 1 aromatic heterocycles. The lowest BCUT2D eigenvalue weighted by Crippen LogP contribution is -2.54. The summed E-state index contributed by atoms with van der Waals surface area (Å²) in [4.78, 5) is 17.1. The van der Waals surface area contributed by atoms with Gasteiger partial charge in [-0.05, 0) is 41.0 Å². The van der Waals surface area contributed by atoms with Gasteiger partial charge >= 0.3 is 0 Å². The highest BCUT2D eigenvalue weighted by Crippen LogP contribution is 2.18. The molecule has 0 spiro atoms. The molecule has 1 amide bonds. The summed E-state index contributed by atoms with van der Waals surface area (Å²) in [6.07, 6.45) is 0. The molecular formula is C23H29N7O. The van der Waals surface area contributed by atoms with E-state index in [2.05, 4.69) is 49.7 Å². The molecule has 8 heteroatoms. The van der Waals surface area contributed by atoms with Crippen molar-refractivity contribution in [2.75, 3.05) is 37.6 Å². The summed E-state index contributed by atoms with van der Waals surface area (Å²) in [6.45, 7) is 7.85. The molecule has 1 aliphatic rings. The van der Waals surface area contributed by atoms with Crippen LogP contribution in [0.25, 0.3) is 5.69 Å². The summed E-state index contributed by atoms with van der Waals surface area (Å²) < 4.78 is 1.76. The number of carbonyl (C=O) groups excluding carboxylic acids is 1. The minimum absolute atomic E-state index is 0.0744. The van der Waals surface area contributed by atoms with E-state index in [1.54, 1.807) is 4.68 Å². The van der Waals surface area contributed by atoms with E-state index in [-0.39, 0.29) is 17.9 Å². The number of carbonyl (C=O) groups is 1. The van der Waals surface area contributed by atoms with Gasteiger partial charge in [0.25, 0.3) is 0 Å². The predicted octanol–water partition coefficient (Wildman–Crippen LogP) is 2.09. The van der Waals surface area contributed by atoms with Crippen LogP contribution in [-0.4, -0.2) is 69.8 Å². The van der Waals surface area contributed by atoms with Crippen LogP contribution in [0, 0.1) is 0 Å². The molecule has 2 unspecified atom stereocenters. The first kappa shape index (κ1) is 21.0. The van der Waals surface area contributed by atoms with Crippen LogP contribution in [0.15, 0.2) is 60.7 Å². The van der Waals surface area contributed by atoms with E-state index in [0.717, 1.165) is 37.8 Å². The van der Waals surface area contributed by atoms with Gasteiger partial charge in [-0.15, -0.1) is 0 Å². The van der Waals surface area contributed by atoms with Crippen molar-refractivity contribution in [2.45, 2.75) is 25.8 Å². The third kappa shape index (κ3) is 4.91. The molecule has 1 saturated heterocycles. The zero-order valence-corrected chi connectivity index (χ0v) is 18.1. The van der Waals surface area contributed by atoms with E-state index in [1.807, 2.05) is 55.5 Å². The summed E-state index contributed by atoms with van der Waals surface area (Å²) in [5.74, 6) is 1.09. The van der Waals surface area contributed by atoms with Gasteiger partial charge in [0, 0.05) is 32.7 Å². The molecule has 3 aromatic rings. The van der Waals surface area contributed by atoms with Crippen molar-refractivity contribution >= 4 is 11.9 Å². The number of hydrogen-bond donors (Lipinski definition) is 1. The Bertz CT molecular complexity index is 968. The highest BCUT2D eigenvalue weighted by atomic mass is 16.2. The first-order valence-corrected chi connectivity index (χ1v) is 10.8. The Labute approximate surface area is 182 Å². The lowest BCUT2D eigenvalue weighted by atomic mass is 10.0. The molecule has 0 bridgehead atoms. The first-order valence-electron chi connectivity index (χ1n) is 10.8. The summed E-state index contributed by atoms with van der Waals surface area (Å²) in [7, 11) is 0. The molecule has 162 valence electrons. The third-order valence-corrected chi connectivity index (χ3v) is 5.93. The van der Waals surface area contributed by atoms with E-state index in [9.17, 15) is 4.79 Å². The van der Waals surface area contributed by atoms with Crippen LogP contribution < -0.4 is 10.2 Å². The highest BCUT2D eigenvalue weighted by molar-refractivity contribution is 5.81. The van der Waals surface area contributed by atoms with Gasteiger partial charge < -0.3 is 10.2 Å². The Morgan fingerprint density at radius 2 is 1.61 bits per heavy atom. The number of amides is 1. The zero-order valence-electron chi connectivity index (χ0n) is 18.1. The number of nitrogens with one attached hydrogen (secondary N) is 1. The van der Waals surface area contributed by atoms with Gasteiger partial charge in [0.1, 0.15) is 0 Å². The number of para-hydroxylation sites is 1. The zero-order chi connectivity index (χ0) is 21.6. The maximum Gasteiger partial charge on any atom is 0.250 e. The van der Waals surface area contributed by atoms with Crippen molar-refractivity contribution in [3.63, 3.8) is 0 Å². The fourth-order valence-electron chi connectivity index (χ4n) is 3.89. The Hall–Kier alpha value is -3.26. The molecule has 0 aliphatic carbocycles. The fourth-order valence-corrected chi connectivity index (χ4v) is 3.89. The van der Waals surface area contributed by atoms with Gasteiger partial charge in [-0.25, -0.2) is 0 Å². The molecule has 2 heterocycles. The van der Waals surface area contributed by atoms with Gasteiger partial charge in [-0.1, -0.05) is 60.6 Å². The molecular weight excluding hydrogens is 390 g/mol. The molecule has 4 rings (SSSR count). The van der Waals surface area contributed by atoms with Crippen LogP contribution in [-0.2, 0) is 4.79 Å². The highest BCUT2D eigenvalue weighted by Gasteiger charge is 2.28. The third-order valence-electron chi connectivity index (χ3n) is 5.93. The molecule has 0 radical (unpaired) electrons. The van der Waals surface area contributed by atoms with Crippen LogP contribution in [0.3, 0.4) is 0 Å². The van der Waals surface area contributed by atoms with Gasteiger partial charge in [-0.3, -0.25) is 9.69 Å². The van der Waals surface area contributed by atoms with E-state index in [4.69, 9.17) is 0 Å². The van der Waals surface area contributed by atoms with Crippen molar-refractivity contribution < 1.29 is 4.79 Å². The Morgan fingerprint density at radius 3 is 2.29 bits per heavy atom. The number of anilines is 1. The molecule has 31 heavy (non-hydrogen) atoms. The number of hydrogen-bond acceptors (Lipinski definition) is 6. The number of tetrazole rings is 1. The summed E-state index contributed by atoms with van der Waals surface area (Å²) >= 11 is 0. The largest absolute Gasteiger partial charge is 0.354 e. The monoisotopic (exact) mass is 419 g/mol. The topological polar surface area (TPSA) is 79.2 Å². The average molecular weight is 420 g/mol. The molecule has 1 N–H and O–H groups in total. The van der Waals surface area contributed by atoms with Crippen LogP contribution in [0.5, 0.6) is 0 Å². The lowest BCUT2D eigenvalue weighted by Gasteiger charge is -2.37. The van der Waals surface area contributed by atoms with Crippen molar-refractivity contribution in [3.8, 4) is 5.69 Å². The molecule has 1 fully saturated rings. The number of piperazine rings is 1.